The third-order valence-electron chi connectivity index (χ3n) is 4.61. The Morgan fingerprint density at radius 3 is 2.50 bits per heavy atom. The molecule has 110 valence electrons. The zero-order valence-corrected chi connectivity index (χ0v) is 12.9. The Balaban J connectivity index is 1.68. The monoisotopic (exact) mass is 292 g/mol. The van der Waals surface area contributed by atoms with Gasteiger partial charge in [0.15, 0.2) is 0 Å². The number of nitrogens with one attached hydrogen (secondary N) is 1. The molecule has 0 atom stereocenters. The molecule has 1 N–H and O–H groups in total. The molecule has 4 nitrogen and oxygen atoms in total. The van der Waals surface area contributed by atoms with E-state index in [1.54, 1.807) is 12.4 Å². The summed E-state index contributed by atoms with van der Waals surface area (Å²) in [5.74, 6) is 3.33. The summed E-state index contributed by atoms with van der Waals surface area (Å²) in [5, 5.41) is 3.48. The molecule has 2 heterocycles. The minimum atomic E-state index is 0.332. The van der Waals surface area contributed by atoms with E-state index in [2.05, 4.69) is 31.9 Å². The van der Waals surface area contributed by atoms with E-state index in [9.17, 15) is 0 Å². The highest BCUT2D eigenvalue weighted by molar-refractivity contribution is 7.99. The Hall–Kier alpha value is -0.810. The van der Waals surface area contributed by atoms with Crippen LogP contribution in [0.5, 0.6) is 0 Å². The first-order valence-electron chi connectivity index (χ1n) is 7.73. The van der Waals surface area contributed by atoms with Crippen LogP contribution in [0.1, 0.15) is 32.1 Å². The predicted molar refractivity (Wildman–Crippen MR) is 85.2 cm³/mol. The molecular formula is C15H24N4S. The van der Waals surface area contributed by atoms with Crippen LogP contribution in [0.25, 0.3) is 0 Å². The molecule has 0 unspecified atom stereocenters. The molecule has 0 aromatic carbocycles. The van der Waals surface area contributed by atoms with Gasteiger partial charge in [0, 0.05) is 49.1 Å². The van der Waals surface area contributed by atoms with Gasteiger partial charge in [-0.2, -0.15) is 11.8 Å². The van der Waals surface area contributed by atoms with Crippen molar-refractivity contribution in [1.82, 2.24) is 14.9 Å². The van der Waals surface area contributed by atoms with E-state index in [1.165, 1.54) is 56.7 Å². The van der Waals surface area contributed by atoms with Crippen molar-refractivity contribution in [3.8, 4) is 0 Å². The third-order valence-corrected chi connectivity index (χ3v) is 5.55. The summed E-state index contributed by atoms with van der Waals surface area (Å²) in [6.07, 6.45) is 10.4. The molecule has 5 heteroatoms. The van der Waals surface area contributed by atoms with Crippen LogP contribution in [0.4, 0.5) is 5.95 Å². The van der Waals surface area contributed by atoms with E-state index < -0.39 is 0 Å². The largest absolute Gasteiger partial charge is 0.352 e. The molecule has 2 fully saturated rings. The van der Waals surface area contributed by atoms with Gasteiger partial charge in [0.1, 0.15) is 0 Å². The zero-order chi connectivity index (χ0) is 13.7. The Kier molecular flexibility index (Phi) is 4.78. The molecule has 1 aromatic rings. The van der Waals surface area contributed by atoms with Gasteiger partial charge in [-0.25, -0.2) is 9.97 Å². The predicted octanol–water partition coefficient (Wildman–Crippen LogP) is 2.64. The second kappa shape index (κ2) is 6.76. The average molecular weight is 292 g/mol. The number of aromatic nitrogens is 2. The standard InChI is InChI=1S/C15H24N4S/c1-2-5-15(6-3-1,19-9-11-20-12-10-19)13-18-14-16-7-4-8-17-14/h4,7-8H,1-3,5-6,9-13H2,(H,16,17,18). The van der Waals surface area contributed by atoms with Gasteiger partial charge in [0.25, 0.3) is 0 Å². The first-order valence-corrected chi connectivity index (χ1v) is 8.88. The van der Waals surface area contributed by atoms with Crippen LogP contribution in [0, 0.1) is 0 Å². The first kappa shape index (κ1) is 14.1. The van der Waals surface area contributed by atoms with Crippen LogP contribution in [0.2, 0.25) is 0 Å². The van der Waals surface area contributed by atoms with Gasteiger partial charge >= 0.3 is 0 Å². The van der Waals surface area contributed by atoms with Gasteiger partial charge in [0.05, 0.1) is 0 Å². The molecule has 0 amide bonds. The fourth-order valence-electron chi connectivity index (χ4n) is 3.49. The molecule has 0 radical (unpaired) electrons. The molecule has 1 aliphatic carbocycles. The van der Waals surface area contributed by atoms with Crippen LogP contribution < -0.4 is 5.32 Å². The second-order valence-electron chi connectivity index (χ2n) is 5.81. The summed E-state index contributed by atoms with van der Waals surface area (Å²) >= 11 is 2.09. The molecule has 3 rings (SSSR count). The molecule has 2 aliphatic rings. The molecule has 0 bridgehead atoms. The number of thioether (sulfide) groups is 1. The number of nitrogens with zero attached hydrogens (tertiary/aromatic N) is 3. The normalized spacial score (nSPS) is 23.4. The van der Waals surface area contributed by atoms with E-state index in [0.29, 0.717) is 5.54 Å². The van der Waals surface area contributed by atoms with Crippen molar-refractivity contribution in [2.75, 3.05) is 36.5 Å². The van der Waals surface area contributed by atoms with Crippen LogP contribution in [0.15, 0.2) is 18.5 Å². The van der Waals surface area contributed by atoms with Crippen LogP contribution in [-0.2, 0) is 0 Å². The number of hydrogen-bond donors (Lipinski definition) is 1. The van der Waals surface area contributed by atoms with E-state index in [1.807, 2.05) is 6.07 Å². The lowest BCUT2D eigenvalue weighted by atomic mass is 9.80. The minimum Gasteiger partial charge on any atom is -0.352 e. The number of anilines is 1. The van der Waals surface area contributed by atoms with Crippen molar-refractivity contribution in [2.45, 2.75) is 37.6 Å². The number of rotatable bonds is 4. The fourth-order valence-corrected chi connectivity index (χ4v) is 4.39. The minimum absolute atomic E-state index is 0.332. The van der Waals surface area contributed by atoms with Crippen LogP contribution in [0.3, 0.4) is 0 Å². The quantitative estimate of drug-likeness (QED) is 0.924. The lowest BCUT2D eigenvalue weighted by molar-refractivity contribution is 0.0705. The lowest BCUT2D eigenvalue weighted by Gasteiger charge is -2.48. The molecular weight excluding hydrogens is 268 g/mol. The first-order chi connectivity index (χ1) is 9.89. The zero-order valence-electron chi connectivity index (χ0n) is 12.1. The summed E-state index contributed by atoms with van der Waals surface area (Å²) in [6, 6.07) is 1.86. The van der Waals surface area contributed by atoms with Crippen molar-refractivity contribution in [3.05, 3.63) is 18.5 Å². The van der Waals surface area contributed by atoms with E-state index in [0.717, 1.165) is 12.5 Å². The fraction of sp³-hybridized carbons (Fsp3) is 0.733. The van der Waals surface area contributed by atoms with Gasteiger partial charge in [-0.3, -0.25) is 4.90 Å². The van der Waals surface area contributed by atoms with Crippen molar-refractivity contribution in [1.29, 1.82) is 0 Å². The molecule has 20 heavy (non-hydrogen) atoms. The topological polar surface area (TPSA) is 41.1 Å². The molecule has 1 saturated carbocycles. The van der Waals surface area contributed by atoms with Crippen LogP contribution >= 0.6 is 11.8 Å². The van der Waals surface area contributed by atoms with Gasteiger partial charge < -0.3 is 5.32 Å². The van der Waals surface area contributed by atoms with Gasteiger partial charge in [-0.1, -0.05) is 19.3 Å². The maximum atomic E-state index is 4.29. The number of hydrogen-bond acceptors (Lipinski definition) is 5. The van der Waals surface area contributed by atoms with Gasteiger partial charge in [0.2, 0.25) is 5.95 Å². The van der Waals surface area contributed by atoms with Crippen molar-refractivity contribution < 1.29 is 0 Å². The SMILES string of the molecule is c1cnc(NCC2(N3CCSCC3)CCCCC2)nc1. The molecule has 1 aromatic heterocycles. The van der Waals surface area contributed by atoms with Crippen LogP contribution in [-0.4, -0.2) is 51.5 Å². The summed E-state index contributed by atoms with van der Waals surface area (Å²) in [6.45, 7) is 3.46. The second-order valence-corrected chi connectivity index (χ2v) is 7.04. The van der Waals surface area contributed by atoms with E-state index in [4.69, 9.17) is 0 Å². The Labute approximate surface area is 125 Å². The smallest absolute Gasteiger partial charge is 0.222 e. The maximum absolute atomic E-state index is 4.29. The summed E-state index contributed by atoms with van der Waals surface area (Å²) < 4.78 is 0. The Morgan fingerprint density at radius 1 is 1.10 bits per heavy atom. The van der Waals surface area contributed by atoms with E-state index in [-0.39, 0.29) is 0 Å². The molecule has 1 aliphatic heterocycles. The van der Waals surface area contributed by atoms with Crippen molar-refractivity contribution in [2.24, 2.45) is 0 Å². The highest BCUT2D eigenvalue weighted by Gasteiger charge is 2.38. The van der Waals surface area contributed by atoms with Crippen molar-refractivity contribution in [3.63, 3.8) is 0 Å². The highest BCUT2D eigenvalue weighted by Crippen LogP contribution is 2.35. The van der Waals surface area contributed by atoms with E-state index >= 15 is 0 Å². The lowest BCUT2D eigenvalue weighted by Crippen LogP contribution is -2.57. The van der Waals surface area contributed by atoms with Gasteiger partial charge in [-0.05, 0) is 18.9 Å². The van der Waals surface area contributed by atoms with Crippen molar-refractivity contribution >= 4 is 17.7 Å². The third kappa shape index (κ3) is 3.26. The summed E-state index contributed by atoms with van der Waals surface area (Å²) in [5.41, 5.74) is 0.332. The summed E-state index contributed by atoms with van der Waals surface area (Å²) in [7, 11) is 0. The molecule has 0 spiro atoms. The Bertz CT molecular complexity index is 400. The Morgan fingerprint density at radius 2 is 1.80 bits per heavy atom. The highest BCUT2D eigenvalue weighted by atomic mass is 32.2. The van der Waals surface area contributed by atoms with Gasteiger partial charge in [-0.15, -0.1) is 0 Å². The molecule has 1 saturated heterocycles. The maximum Gasteiger partial charge on any atom is 0.222 e. The summed E-state index contributed by atoms with van der Waals surface area (Å²) in [4.78, 5) is 11.3. The average Bonchev–Trinajstić information content (AvgIpc) is 2.56.